The molecule has 0 aromatic heterocycles. The molecule has 1 fully saturated rings. The van der Waals surface area contributed by atoms with Crippen LogP contribution in [0.1, 0.15) is 26.2 Å². The van der Waals surface area contributed by atoms with Gasteiger partial charge in [0, 0.05) is 6.61 Å². The van der Waals surface area contributed by atoms with Crippen molar-refractivity contribution in [2.24, 2.45) is 0 Å². The van der Waals surface area contributed by atoms with Gasteiger partial charge in [0.2, 0.25) is 0 Å². The molecule has 0 saturated carbocycles. The Labute approximate surface area is 66.7 Å². The molecule has 1 saturated heterocycles. The third-order valence-corrected chi connectivity index (χ3v) is 1.64. The van der Waals surface area contributed by atoms with Crippen molar-refractivity contribution in [2.75, 3.05) is 13.2 Å². The van der Waals surface area contributed by atoms with Crippen LogP contribution in [0.2, 0.25) is 0 Å². The highest BCUT2D eigenvalue weighted by Crippen LogP contribution is 2.12. The summed E-state index contributed by atoms with van der Waals surface area (Å²) in [5.74, 6) is -0.103. The summed E-state index contributed by atoms with van der Waals surface area (Å²) in [5.41, 5.74) is 0. The van der Waals surface area contributed by atoms with E-state index in [1.54, 1.807) is 0 Å². The molecule has 0 unspecified atom stereocenters. The van der Waals surface area contributed by atoms with E-state index in [4.69, 9.17) is 9.47 Å². The van der Waals surface area contributed by atoms with E-state index in [2.05, 4.69) is 6.92 Å². The van der Waals surface area contributed by atoms with Crippen molar-refractivity contribution < 1.29 is 14.3 Å². The van der Waals surface area contributed by atoms with Gasteiger partial charge in [0.05, 0.1) is 13.0 Å². The lowest BCUT2D eigenvalue weighted by Gasteiger charge is -2.24. The third-order valence-electron chi connectivity index (χ3n) is 1.64. The molecule has 0 spiro atoms. The van der Waals surface area contributed by atoms with Gasteiger partial charge in [0.1, 0.15) is 6.10 Å². The lowest BCUT2D eigenvalue weighted by atomic mass is 10.2. The van der Waals surface area contributed by atoms with Crippen molar-refractivity contribution >= 4 is 5.97 Å². The number of carbonyl (C=O) groups is 1. The van der Waals surface area contributed by atoms with E-state index >= 15 is 0 Å². The smallest absolute Gasteiger partial charge is 0.310 e. The minimum Gasteiger partial charge on any atom is -0.459 e. The van der Waals surface area contributed by atoms with Crippen LogP contribution in [0.25, 0.3) is 0 Å². The molecule has 0 bridgehead atoms. The van der Waals surface area contributed by atoms with Crippen molar-refractivity contribution in [2.45, 2.75) is 32.3 Å². The Kier molecular flexibility index (Phi) is 3.36. The highest BCUT2D eigenvalue weighted by molar-refractivity contribution is 5.75. The van der Waals surface area contributed by atoms with E-state index in [1.807, 2.05) is 0 Å². The summed E-state index contributed by atoms with van der Waals surface area (Å²) in [7, 11) is 0. The molecule has 0 radical (unpaired) electrons. The van der Waals surface area contributed by atoms with E-state index < -0.39 is 0 Å². The van der Waals surface area contributed by atoms with Crippen molar-refractivity contribution in [3.63, 3.8) is 0 Å². The van der Waals surface area contributed by atoms with Gasteiger partial charge >= 0.3 is 5.97 Å². The molecular formula is C8H14O3. The quantitative estimate of drug-likeness (QED) is 0.444. The lowest BCUT2D eigenvalue weighted by molar-refractivity contribution is -0.174. The SMILES string of the molecule is CCCCOC[C@@H]1CC(=O)O1. The Morgan fingerprint density at radius 2 is 2.45 bits per heavy atom. The van der Waals surface area contributed by atoms with Crippen LogP contribution in [-0.4, -0.2) is 25.3 Å². The Morgan fingerprint density at radius 1 is 1.73 bits per heavy atom. The summed E-state index contributed by atoms with van der Waals surface area (Å²) in [6, 6.07) is 0. The fraction of sp³-hybridized carbons (Fsp3) is 0.875. The van der Waals surface area contributed by atoms with Gasteiger partial charge in [-0.15, -0.1) is 0 Å². The minimum absolute atomic E-state index is 0.0411. The molecule has 64 valence electrons. The van der Waals surface area contributed by atoms with Crippen molar-refractivity contribution in [1.82, 2.24) is 0 Å². The maximum atomic E-state index is 10.3. The minimum atomic E-state index is -0.103. The summed E-state index contributed by atoms with van der Waals surface area (Å²) >= 11 is 0. The molecule has 1 rings (SSSR count). The molecule has 0 aliphatic carbocycles. The zero-order valence-electron chi connectivity index (χ0n) is 6.84. The van der Waals surface area contributed by atoms with E-state index in [0.29, 0.717) is 13.0 Å². The second-order valence-corrected chi connectivity index (χ2v) is 2.74. The molecule has 1 atom stereocenters. The molecule has 11 heavy (non-hydrogen) atoms. The third kappa shape index (κ3) is 2.89. The molecule has 0 aromatic rings. The van der Waals surface area contributed by atoms with Gasteiger partial charge in [-0.1, -0.05) is 13.3 Å². The summed E-state index contributed by atoms with van der Waals surface area (Å²) in [6.07, 6.45) is 2.80. The number of carbonyl (C=O) groups excluding carboxylic acids is 1. The molecule has 0 N–H and O–H groups in total. The van der Waals surface area contributed by atoms with Crippen molar-refractivity contribution in [3.8, 4) is 0 Å². The van der Waals surface area contributed by atoms with Crippen molar-refractivity contribution in [3.05, 3.63) is 0 Å². The summed E-state index contributed by atoms with van der Waals surface area (Å²) in [6.45, 7) is 3.48. The molecule has 3 nitrogen and oxygen atoms in total. The first-order valence-corrected chi connectivity index (χ1v) is 4.10. The lowest BCUT2D eigenvalue weighted by Crippen LogP contribution is -2.36. The Hall–Kier alpha value is -0.570. The fourth-order valence-electron chi connectivity index (χ4n) is 0.916. The predicted octanol–water partition coefficient (Wildman–Crippen LogP) is 1.12. The highest BCUT2D eigenvalue weighted by atomic mass is 16.6. The van der Waals surface area contributed by atoms with Gasteiger partial charge in [-0.25, -0.2) is 0 Å². The van der Waals surface area contributed by atoms with Crippen LogP contribution in [0.3, 0.4) is 0 Å². The normalized spacial score (nSPS) is 22.6. The van der Waals surface area contributed by atoms with Crippen LogP contribution in [0, 0.1) is 0 Å². The van der Waals surface area contributed by atoms with E-state index in [0.717, 1.165) is 19.4 Å². The van der Waals surface area contributed by atoms with Crippen LogP contribution in [0.4, 0.5) is 0 Å². The van der Waals surface area contributed by atoms with Crippen LogP contribution in [0.15, 0.2) is 0 Å². The van der Waals surface area contributed by atoms with E-state index in [9.17, 15) is 4.79 Å². The largest absolute Gasteiger partial charge is 0.459 e. The zero-order chi connectivity index (χ0) is 8.10. The van der Waals surface area contributed by atoms with Gasteiger partial charge in [0.25, 0.3) is 0 Å². The Balaban J connectivity index is 1.85. The summed E-state index contributed by atoms with van der Waals surface area (Å²) in [4.78, 5) is 10.3. The molecule has 3 heteroatoms. The van der Waals surface area contributed by atoms with Gasteiger partial charge < -0.3 is 9.47 Å². The molecule has 0 aromatic carbocycles. The number of ether oxygens (including phenoxy) is 2. The predicted molar refractivity (Wildman–Crippen MR) is 40.2 cm³/mol. The number of unbranched alkanes of at least 4 members (excludes halogenated alkanes) is 1. The Bertz CT molecular complexity index is 125. The maximum Gasteiger partial charge on any atom is 0.310 e. The first-order valence-electron chi connectivity index (χ1n) is 4.10. The highest BCUT2D eigenvalue weighted by Gasteiger charge is 2.27. The number of rotatable bonds is 5. The van der Waals surface area contributed by atoms with E-state index in [1.165, 1.54) is 0 Å². The van der Waals surface area contributed by atoms with Crippen LogP contribution in [-0.2, 0) is 14.3 Å². The average molecular weight is 158 g/mol. The summed E-state index contributed by atoms with van der Waals surface area (Å²) < 4.78 is 10.0. The monoisotopic (exact) mass is 158 g/mol. The second-order valence-electron chi connectivity index (χ2n) is 2.74. The van der Waals surface area contributed by atoms with Gasteiger partial charge in [0.15, 0.2) is 0 Å². The Morgan fingerprint density at radius 3 is 3.00 bits per heavy atom. The van der Waals surface area contributed by atoms with Crippen LogP contribution < -0.4 is 0 Å². The first kappa shape index (κ1) is 8.53. The van der Waals surface area contributed by atoms with Crippen LogP contribution >= 0.6 is 0 Å². The zero-order valence-corrected chi connectivity index (χ0v) is 6.84. The number of hydrogen-bond acceptors (Lipinski definition) is 3. The fourth-order valence-corrected chi connectivity index (χ4v) is 0.916. The topological polar surface area (TPSA) is 35.5 Å². The van der Waals surface area contributed by atoms with Crippen molar-refractivity contribution in [1.29, 1.82) is 0 Å². The summed E-state index contributed by atoms with van der Waals surface area (Å²) in [5, 5.41) is 0. The number of esters is 1. The maximum absolute atomic E-state index is 10.3. The second kappa shape index (κ2) is 4.34. The molecule has 1 aliphatic heterocycles. The number of cyclic esters (lactones) is 1. The van der Waals surface area contributed by atoms with Crippen LogP contribution in [0.5, 0.6) is 0 Å². The molecule has 0 amide bonds. The molecular weight excluding hydrogens is 144 g/mol. The van der Waals surface area contributed by atoms with Gasteiger partial charge in [-0.2, -0.15) is 0 Å². The van der Waals surface area contributed by atoms with Gasteiger partial charge in [-0.05, 0) is 6.42 Å². The number of hydrogen-bond donors (Lipinski definition) is 0. The van der Waals surface area contributed by atoms with E-state index in [-0.39, 0.29) is 12.1 Å². The molecule has 1 heterocycles. The molecule has 1 aliphatic rings. The average Bonchev–Trinajstić information content (AvgIpc) is 1.94. The van der Waals surface area contributed by atoms with Gasteiger partial charge in [-0.3, -0.25) is 4.79 Å². The first-order chi connectivity index (χ1) is 5.33. The standard InChI is InChI=1S/C8H14O3/c1-2-3-4-10-6-7-5-8(9)11-7/h7H,2-6H2,1H3/t7-/m0/s1.